The molecule has 1 amide bonds. The predicted molar refractivity (Wildman–Crippen MR) is 120 cm³/mol. The topological polar surface area (TPSA) is 101 Å². The maximum Gasteiger partial charge on any atom is 0.261 e. The number of aryl methyl sites for hydroxylation is 1. The summed E-state index contributed by atoms with van der Waals surface area (Å²) >= 11 is 0. The number of fused-ring (bicyclic) bond motifs is 2. The summed E-state index contributed by atoms with van der Waals surface area (Å²) in [6.07, 6.45) is 1.84. The van der Waals surface area contributed by atoms with Crippen molar-refractivity contribution in [2.75, 3.05) is 13.7 Å². The summed E-state index contributed by atoms with van der Waals surface area (Å²) in [5, 5.41) is 9.35. The van der Waals surface area contributed by atoms with Crippen molar-refractivity contribution < 1.29 is 14.3 Å². The summed E-state index contributed by atoms with van der Waals surface area (Å²) in [7, 11) is 1.66. The standard InChI is InChI=1S/C25H26N4O3/c1-15-5-6-17(13-26)11-19(15)18-7-8-21-20(12-18)25(22(30)29(3)23(27)28-25)14-24(32-21)9-4-10-31-16(24)2/h5-8,11-12,16H,4,9-10,14H2,1-3H3,(H2,27,28). The molecule has 1 fully saturated rings. The molecule has 164 valence electrons. The number of guanidine groups is 1. The number of hydrogen-bond donors (Lipinski definition) is 1. The van der Waals surface area contributed by atoms with Crippen molar-refractivity contribution in [2.45, 2.75) is 50.4 Å². The molecule has 0 radical (unpaired) electrons. The number of carbonyl (C=O) groups excluding carboxylic acids is 1. The van der Waals surface area contributed by atoms with Crippen molar-refractivity contribution >= 4 is 11.9 Å². The molecule has 3 aliphatic rings. The zero-order chi connectivity index (χ0) is 22.7. The van der Waals surface area contributed by atoms with Crippen molar-refractivity contribution in [3.05, 3.63) is 53.1 Å². The monoisotopic (exact) mass is 430 g/mol. The van der Waals surface area contributed by atoms with Gasteiger partial charge in [-0.1, -0.05) is 12.1 Å². The molecule has 7 heteroatoms. The van der Waals surface area contributed by atoms with Crippen molar-refractivity contribution in [3.63, 3.8) is 0 Å². The van der Waals surface area contributed by atoms with Crippen LogP contribution in [0.2, 0.25) is 0 Å². The number of nitrogens with zero attached hydrogens (tertiary/aromatic N) is 3. The zero-order valence-electron chi connectivity index (χ0n) is 18.5. The molecule has 2 aromatic carbocycles. The van der Waals surface area contributed by atoms with Gasteiger partial charge in [-0.2, -0.15) is 5.26 Å². The van der Waals surface area contributed by atoms with E-state index in [1.807, 2.05) is 44.2 Å². The average Bonchev–Trinajstić information content (AvgIpc) is 3.00. The van der Waals surface area contributed by atoms with Crippen LogP contribution in [0.15, 0.2) is 41.4 Å². The van der Waals surface area contributed by atoms with Gasteiger partial charge in [-0.25, -0.2) is 4.99 Å². The van der Waals surface area contributed by atoms with Gasteiger partial charge in [-0.15, -0.1) is 0 Å². The molecule has 2 spiro atoms. The maximum absolute atomic E-state index is 13.6. The minimum absolute atomic E-state index is 0.156. The average molecular weight is 431 g/mol. The molecule has 0 bridgehead atoms. The second-order valence-electron chi connectivity index (χ2n) is 9.01. The van der Waals surface area contributed by atoms with E-state index in [1.54, 1.807) is 13.1 Å². The van der Waals surface area contributed by atoms with Crippen LogP contribution in [-0.4, -0.2) is 42.1 Å². The lowest BCUT2D eigenvalue weighted by Crippen LogP contribution is -2.58. The summed E-state index contributed by atoms with van der Waals surface area (Å²) in [6.45, 7) is 4.68. The quantitative estimate of drug-likeness (QED) is 0.749. The molecule has 0 saturated carbocycles. The number of likely N-dealkylation sites (N-methyl/N-ethyl adjacent to an activating group) is 1. The van der Waals surface area contributed by atoms with Gasteiger partial charge in [0.1, 0.15) is 11.4 Å². The first-order chi connectivity index (χ1) is 15.3. The van der Waals surface area contributed by atoms with Crippen LogP contribution in [0, 0.1) is 18.3 Å². The van der Waals surface area contributed by atoms with Crippen molar-refractivity contribution in [2.24, 2.45) is 10.7 Å². The number of benzene rings is 2. The van der Waals surface area contributed by atoms with Crippen molar-refractivity contribution in [3.8, 4) is 22.9 Å². The minimum Gasteiger partial charge on any atom is -0.484 e. The number of rotatable bonds is 1. The second-order valence-corrected chi connectivity index (χ2v) is 9.01. The Balaban J connectivity index is 1.71. The molecule has 7 nitrogen and oxygen atoms in total. The molecule has 2 N–H and O–H groups in total. The molecule has 0 aromatic heterocycles. The Hall–Kier alpha value is -3.37. The van der Waals surface area contributed by atoms with Crippen LogP contribution >= 0.6 is 0 Å². The van der Waals surface area contributed by atoms with E-state index in [9.17, 15) is 10.1 Å². The molecule has 3 atom stereocenters. The van der Waals surface area contributed by atoms with Crippen LogP contribution in [0.25, 0.3) is 11.1 Å². The number of carbonyl (C=O) groups is 1. The van der Waals surface area contributed by atoms with Crippen molar-refractivity contribution in [1.82, 2.24) is 4.90 Å². The molecule has 3 aliphatic heterocycles. The van der Waals surface area contributed by atoms with E-state index >= 15 is 0 Å². The van der Waals surface area contributed by atoms with E-state index in [4.69, 9.17) is 20.2 Å². The van der Waals surface area contributed by atoms with Crippen molar-refractivity contribution in [1.29, 1.82) is 5.26 Å². The smallest absolute Gasteiger partial charge is 0.261 e. The highest BCUT2D eigenvalue weighted by Crippen LogP contribution is 2.53. The normalized spacial score (nSPS) is 28.9. The van der Waals surface area contributed by atoms with Crippen LogP contribution in [0.3, 0.4) is 0 Å². The molecule has 5 rings (SSSR count). The van der Waals surface area contributed by atoms with E-state index in [0.29, 0.717) is 29.9 Å². The first kappa shape index (κ1) is 20.5. The Labute approximate surface area is 187 Å². The molecule has 0 aliphatic carbocycles. The van der Waals surface area contributed by atoms with Gasteiger partial charge < -0.3 is 15.2 Å². The lowest BCUT2D eigenvalue weighted by Gasteiger charge is -2.49. The molecule has 2 aromatic rings. The zero-order valence-corrected chi connectivity index (χ0v) is 18.5. The van der Waals surface area contributed by atoms with Gasteiger partial charge in [0.15, 0.2) is 11.5 Å². The number of hydrogen-bond acceptors (Lipinski definition) is 6. The lowest BCUT2D eigenvalue weighted by atomic mass is 9.71. The third-order valence-corrected chi connectivity index (χ3v) is 7.13. The molecular weight excluding hydrogens is 404 g/mol. The number of ether oxygens (including phenoxy) is 2. The van der Waals surface area contributed by atoms with E-state index in [1.165, 1.54) is 4.90 Å². The second kappa shape index (κ2) is 7.07. The summed E-state index contributed by atoms with van der Waals surface area (Å²) in [5.41, 5.74) is 8.51. The highest BCUT2D eigenvalue weighted by Gasteiger charge is 2.60. The predicted octanol–water partition coefficient (Wildman–Crippen LogP) is 3.24. The van der Waals surface area contributed by atoms with Crippen LogP contribution in [0.4, 0.5) is 0 Å². The number of amides is 1. The highest BCUT2D eigenvalue weighted by molar-refractivity contribution is 6.07. The molecule has 32 heavy (non-hydrogen) atoms. The van der Waals surface area contributed by atoms with Gasteiger partial charge in [0.2, 0.25) is 0 Å². The molecule has 3 unspecified atom stereocenters. The summed E-state index contributed by atoms with van der Waals surface area (Å²) in [4.78, 5) is 19.8. The first-order valence-corrected chi connectivity index (χ1v) is 10.9. The Morgan fingerprint density at radius 3 is 2.78 bits per heavy atom. The Bertz CT molecular complexity index is 1200. The van der Waals surface area contributed by atoms with Gasteiger partial charge in [0.05, 0.1) is 17.7 Å². The van der Waals surface area contributed by atoms with E-state index < -0.39 is 11.1 Å². The Morgan fingerprint density at radius 1 is 1.28 bits per heavy atom. The molecule has 3 heterocycles. The molecular formula is C25H26N4O3. The van der Waals surface area contributed by atoms with Gasteiger partial charge in [0.25, 0.3) is 5.91 Å². The fraction of sp³-hybridized carbons (Fsp3) is 0.400. The van der Waals surface area contributed by atoms with Gasteiger partial charge in [-0.3, -0.25) is 9.69 Å². The molecule has 1 saturated heterocycles. The van der Waals surface area contributed by atoms with Crippen LogP contribution in [0.5, 0.6) is 5.75 Å². The van der Waals surface area contributed by atoms with E-state index in [2.05, 4.69) is 6.07 Å². The first-order valence-electron chi connectivity index (χ1n) is 10.9. The van der Waals surface area contributed by atoms with Crippen LogP contribution < -0.4 is 10.5 Å². The van der Waals surface area contributed by atoms with E-state index in [0.717, 1.165) is 29.5 Å². The summed E-state index contributed by atoms with van der Waals surface area (Å²) in [6, 6.07) is 13.6. The third-order valence-electron chi connectivity index (χ3n) is 7.13. The maximum atomic E-state index is 13.6. The SMILES string of the molecule is Cc1ccc(C#N)cc1-c1ccc2c(c1)C1(CC3(CCCOC3C)O2)N=C(N)N(C)C1=O. The third kappa shape index (κ3) is 2.83. The fourth-order valence-electron chi connectivity index (χ4n) is 5.24. The minimum atomic E-state index is -1.15. The van der Waals surface area contributed by atoms with Crippen LogP contribution in [-0.2, 0) is 15.1 Å². The van der Waals surface area contributed by atoms with E-state index in [-0.39, 0.29) is 18.0 Å². The lowest BCUT2D eigenvalue weighted by molar-refractivity contribution is -0.153. The number of nitriles is 1. The van der Waals surface area contributed by atoms with Gasteiger partial charge in [0, 0.05) is 25.6 Å². The summed E-state index contributed by atoms with van der Waals surface area (Å²) < 4.78 is 12.5. The number of nitrogens with two attached hydrogens (primary N) is 1. The Kier molecular flexibility index (Phi) is 4.54. The summed E-state index contributed by atoms with van der Waals surface area (Å²) in [5.74, 6) is 0.679. The number of aliphatic imine (C=N–C) groups is 1. The fourth-order valence-corrected chi connectivity index (χ4v) is 5.24. The Morgan fingerprint density at radius 2 is 2.09 bits per heavy atom. The highest BCUT2D eigenvalue weighted by atomic mass is 16.6. The van der Waals surface area contributed by atoms with Gasteiger partial charge in [-0.05, 0) is 67.6 Å². The van der Waals surface area contributed by atoms with Crippen LogP contribution in [0.1, 0.15) is 42.9 Å². The van der Waals surface area contributed by atoms with Gasteiger partial charge >= 0.3 is 0 Å². The largest absolute Gasteiger partial charge is 0.484 e.